The maximum Gasteiger partial charge on any atom is 0.390 e. The Labute approximate surface area is 335 Å². The number of hydrogen-bond donors (Lipinski definition) is 2. The van der Waals surface area contributed by atoms with Gasteiger partial charge >= 0.3 is 6.18 Å². The number of aromatic amines is 2. The number of carbonyl (C=O) groups is 2. The number of rotatable bonds is 13. The van der Waals surface area contributed by atoms with Gasteiger partial charge in [-0.15, -0.1) is 0 Å². The topological polar surface area (TPSA) is 78.7 Å². The van der Waals surface area contributed by atoms with Crippen LogP contribution in [0.25, 0.3) is 33.0 Å². The van der Waals surface area contributed by atoms with Gasteiger partial charge in [-0.05, 0) is 114 Å². The van der Waals surface area contributed by atoms with Crippen LogP contribution in [0.4, 0.5) is 13.2 Å². The molecule has 2 N–H and O–H groups in total. The predicted molar refractivity (Wildman–Crippen MR) is 220 cm³/mol. The largest absolute Gasteiger partial charge is 0.390 e. The van der Waals surface area contributed by atoms with Crippen LogP contribution < -0.4 is 0 Å². The maximum atomic E-state index is 14.2. The number of alkyl halides is 3. The zero-order valence-corrected chi connectivity index (χ0v) is 34.1. The summed E-state index contributed by atoms with van der Waals surface area (Å²) in [7, 11) is 0. The van der Waals surface area contributed by atoms with Crippen molar-refractivity contribution in [3.05, 3.63) is 81.6 Å². The highest BCUT2D eigenvalue weighted by Crippen LogP contribution is 2.45. The Morgan fingerprint density at radius 2 is 1.39 bits per heavy atom. The van der Waals surface area contributed by atoms with Crippen LogP contribution in [0, 0.1) is 11.8 Å². The summed E-state index contributed by atoms with van der Waals surface area (Å²) in [5.74, 6) is -0.572. The van der Waals surface area contributed by atoms with Gasteiger partial charge in [-0.25, -0.2) is 0 Å². The number of aromatic nitrogens is 2. The normalized spacial score (nSPS) is 22.1. The summed E-state index contributed by atoms with van der Waals surface area (Å²) in [6.45, 7) is 10.2. The van der Waals surface area contributed by atoms with Crippen molar-refractivity contribution in [3.63, 3.8) is 0 Å². The van der Waals surface area contributed by atoms with Crippen molar-refractivity contribution in [1.29, 1.82) is 0 Å². The van der Waals surface area contributed by atoms with Crippen LogP contribution in [0.15, 0.2) is 59.4 Å². The van der Waals surface area contributed by atoms with Crippen LogP contribution in [0.3, 0.4) is 0 Å². The Bertz CT molecular complexity index is 2180. The van der Waals surface area contributed by atoms with Gasteiger partial charge in [0.2, 0.25) is 11.8 Å². The number of nitrogens with zero attached hydrogens (tertiary/aromatic N) is 4. The molecule has 0 unspecified atom stereocenters. The molecule has 4 atom stereocenters. The maximum absolute atomic E-state index is 14.2. The van der Waals surface area contributed by atoms with Gasteiger partial charge in [0, 0.05) is 85.9 Å². The van der Waals surface area contributed by atoms with Crippen LogP contribution in [0.5, 0.6) is 0 Å². The fourth-order valence-corrected chi connectivity index (χ4v) is 10.6. The highest BCUT2D eigenvalue weighted by molar-refractivity contribution is 9.10. The van der Waals surface area contributed by atoms with Gasteiger partial charge in [-0.3, -0.25) is 19.4 Å². The van der Waals surface area contributed by atoms with Crippen LogP contribution in [-0.2, 0) is 22.4 Å². The average Bonchev–Trinajstić information content (AvgIpc) is 3.76. The molecule has 2 aliphatic heterocycles. The number of carbonyl (C=O) groups excluding carboxylic acids is 2. The van der Waals surface area contributed by atoms with Crippen LogP contribution in [0.1, 0.15) is 68.7 Å². The van der Waals surface area contributed by atoms with Crippen molar-refractivity contribution in [1.82, 2.24) is 29.6 Å². The van der Waals surface area contributed by atoms with E-state index in [9.17, 15) is 22.8 Å². The minimum absolute atomic E-state index is 0.0182. The number of fused-ring (bicyclic) bond motifs is 4. The lowest BCUT2D eigenvalue weighted by Gasteiger charge is -2.42. The molecule has 4 heterocycles. The van der Waals surface area contributed by atoms with E-state index in [1.165, 1.54) is 22.1 Å². The average molecular weight is 834 g/mol. The molecule has 298 valence electrons. The number of H-pyrrole nitrogens is 2. The first kappa shape index (κ1) is 39.0. The zero-order valence-electron chi connectivity index (χ0n) is 32.5. The van der Waals surface area contributed by atoms with Crippen molar-refractivity contribution >= 4 is 60.7 Å². The summed E-state index contributed by atoms with van der Waals surface area (Å²) < 4.78 is 41.6. The molecule has 4 aliphatic rings. The molecule has 2 aromatic carbocycles. The molecule has 12 heteroatoms. The first-order chi connectivity index (χ1) is 27.0. The molecule has 0 radical (unpaired) electrons. The molecular weight excluding hydrogens is 781 g/mol. The van der Waals surface area contributed by atoms with E-state index in [4.69, 9.17) is 0 Å². The van der Waals surface area contributed by atoms with Gasteiger partial charge < -0.3 is 19.8 Å². The van der Waals surface area contributed by atoms with E-state index in [0.29, 0.717) is 39.1 Å². The third-order valence-electron chi connectivity index (χ3n) is 12.8. The molecule has 0 fully saturated rings. The second kappa shape index (κ2) is 15.8. The zero-order chi connectivity index (χ0) is 39.3. The molecule has 2 aromatic heterocycles. The monoisotopic (exact) mass is 832 g/mol. The smallest absolute Gasteiger partial charge is 0.361 e. The number of benzene rings is 2. The lowest BCUT2D eigenvalue weighted by molar-refractivity contribution is -0.140. The van der Waals surface area contributed by atoms with E-state index in [1.54, 1.807) is 0 Å². The van der Waals surface area contributed by atoms with Gasteiger partial charge in [0.05, 0.1) is 22.9 Å². The van der Waals surface area contributed by atoms with Crippen LogP contribution in [-0.4, -0.2) is 112 Å². The van der Waals surface area contributed by atoms with Crippen LogP contribution >= 0.6 is 15.9 Å². The molecule has 8 rings (SSSR count). The predicted octanol–water partition coefficient (Wildman–Crippen LogP) is 8.43. The molecule has 4 aromatic rings. The fraction of sp³-hybridized carbons (Fsp3) is 0.500. The number of amides is 2. The Morgan fingerprint density at radius 1 is 0.786 bits per heavy atom. The summed E-state index contributed by atoms with van der Waals surface area (Å²) in [4.78, 5) is 43.0. The highest BCUT2D eigenvalue weighted by atomic mass is 79.9. The standard InChI is InChI=1S/C44H52BrF3N6O2/c1-4-51(5-2)42(55)28-20-33-31-13-11-15-36-40(31)34(41(45)50-36)23-38(33)53(25-28)18-9-7-8-17-52(6-3)43(56)29-21-32-30-12-10-14-35-39(30)27(24-49-35)22-37(32)54(26-29)19-16-44(46,47)48/h10-15,20-21,24,28-29,37-38,49-50H,4-9,16-19,22-23,25-26H2,1-3H3/t28-,29-,37-,38-/m1/s1. The summed E-state index contributed by atoms with van der Waals surface area (Å²) in [5, 5.41) is 2.35. The molecule has 0 bridgehead atoms. The molecular formula is C44H52BrF3N6O2. The number of halogens is 4. The number of unbranched alkanes of at least 4 members (excludes halogenated alkanes) is 2. The summed E-state index contributed by atoms with van der Waals surface area (Å²) in [5.41, 5.74) is 8.93. The van der Waals surface area contributed by atoms with Crippen LogP contribution in [0.2, 0.25) is 0 Å². The quantitative estimate of drug-likeness (QED) is 0.133. The first-order valence-electron chi connectivity index (χ1n) is 20.4. The van der Waals surface area contributed by atoms with Crippen molar-refractivity contribution < 1.29 is 22.8 Å². The van der Waals surface area contributed by atoms with Crippen molar-refractivity contribution in [3.8, 4) is 0 Å². The van der Waals surface area contributed by atoms with Crippen molar-refractivity contribution in [2.24, 2.45) is 11.8 Å². The van der Waals surface area contributed by atoms with Crippen molar-refractivity contribution in [2.45, 2.75) is 77.6 Å². The summed E-state index contributed by atoms with van der Waals surface area (Å²) >= 11 is 3.79. The second-order valence-corrected chi connectivity index (χ2v) is 16.7. The summed E-state index contributed by atoms with van der Waals surface area (Å²) in [6, 6.07) is 12.4. The first-order valence-corrected chi connectivity index (χ1v) is 21.2. The van der Waals surface area contributed by atoms with E-state index in [-0.39, 0.29) is 42.9 Å². The Balaban J connectivity index is 0.951. The Hall–Kier alpha value is -3.87. The third kappa shape index (κ3) is 7.26. The Morgan fingerprint density at radius 3 is 2.05 bits per heavy atom. The van der Waals surface area contributed by atoms with E-state index in [2.05, 4.69) is 61.1 Å². The van der Waals surface area contributed by atoms with Gasteiger partial charge in [0.1, 0.15) is 0 Å². The number of nitrogens with one attached hydrogen (secondary N) is 2. The molecule has 2 aliphatic carbocycles. The van der Waals surface area contributed by atoms with E-state index >= 15 is 0 Å². The molecule has 8 nitrogen and oxygen atoms in total. The molecule has 0 saturated heterocycles. The van der Waals surface area contributed by atoms with E-state index in [0.717, 1.165) is 70.0 Å². The van der Waals surface area contributed by atoms with Gasteiger partial charge in [0.15, 0.2) is 0 Å². The molecule has 2 amide bonds. The summed E-state index contributed by atoms with van der Waals surface area (Å²) in [6.07, 6.45) is 5.25. The van der Waals surface area contributed by atoms with Crippen molar-refractivity contribution in [2.75, 3.05) is 52.4 Å². The van der Waals surface area contributed by atoms with Gasteiger partial charge in [-0.2, -0.15) is 13.2 Å². The second-order valence-electron chi connectivity index (χ2n) is 15.9. The minimum Gasteiger partial charge on any atom is -0.361 e. The molecule has 0 saturated carbocycles. The Kier molecular flexibility index (Phi) is 11.0. The lowest BCUT2D eigenvalue weighted by Crippen LogP contribution is -2.50. The SMILES string of the molecule is CCN(CC)C(=O)[C@@H]1C=C2c3cccc4[nH]c(Br)c(c34)C[C@H]2N(CCCCCN(CC)C(=O)[C@@H]2C=C3c4cccc5[nH]cc(c45)C[C@H]3N(CCC(F)(F)F)C2)C1. The number of hydrogen-bond acceptors (Lipinski definition) is 4. The van der Waals surface area contributed by atoms with E-state index in [1.807, 2.05) is 59.9 Å². The lowest BCUT2D eigenvalue weighted by atomic mass is 9.79. The van der Waals surface area contributed by atoms with Gasteiger partial charge in [-0.1, -0.05) is 42.8 Å². The highest BCUT2D eigenvalue weighted by Gasteiger charge is 2.41. The molecule has 56 heavy (non-hydrogen) atoms. The van der Waals surface area contributed by atoms with Gasteiger partial charge in [0.25, 0.3) is 0 Å². The fourth-order valence-electron chi connectivity index (χ4n) is 9.99. The third-order valence-corrected chi connectivity index (χ3v) is 13.5. The van der Waals surface area contributed by atoms with E-state index < -0.39 is 18.5 Å². The minimum atomic E-state index is -4.27. The molecule has 0 spiro atoms.